The molecule has 1 aromatic heterocycles. The molecule has 1 atom stereocenters. The van der Waals surface area contributed by atoms with Gasteiger partial charge in [0.2, 0.25) is 0 Å². The normalized spacial score (nSPS) is 27.5. The fraction of sp³-hybridized carbons (Fsp3) is 0.769. The lowest BCUT2D eigenvalue weighted by Crippen LogP contribution is -2.45. The van der Waals surface area contributed by atoms with E-state index < -0.39 is 0 Å². The van der Waals surface area contributed by atoms with E-state index in [0.717, 1.165) is 31.7 Å². The lowest BCUT2D eigenvalue weighted by molar-refractivity contribution is 0.121. The van der Waals surface area contributed by atoms with Crippen LogP contribution >= 0.6 is 0 Å². The molecule has 2 fully saturated rings. The second kappa shape index (κ2) is 4.10. The molecule has 94 valence electrons. The van der Waals surface area contributed by atoms with E-state index in [1.54, 1.807) is 6.26 Å². The molecule has 0 amide bonds. The van der Waals surface area contributed by atoms with E-state index in [1.165, 1.54) is 24.8 Å². The average Bonchev–Trinajstić information content (AvgIpc) is 2.82. The molecule has 1 saturated carbocycles. The van der Waals surface area contributed by atoms with Crippen molar-refractivity contribution in [2.75, 3.05) is 13.1 Å². The maximum atomic E-state index is 6.28. The van der Waals surface area contributed by atoms with Crippen molar-refractivity contribution in [3.63, 3.8) is 0 Å². The van der Waals surface area contributed by atoms with Crippen LogP contribution in [0.4, 0.5) is 0 Å². The molecule has 4 nitrogen and oxygen atoms in total. The molecule has 1 aliphatic carbocycles. The van der Waals surface area contributed by atoms with Gasteiger partial charge in [0.15, 0.2) is 0 Å². The van der Waals surface area contributed by atoms with E-state index in [1.807, 2.05) is 0 Å². The standard InChI is InChI=1S/C13H21N3O/c1-2-11-10(8-17-15-11)6-16-7-12(14)13(9-16)4-3-5-13/h8,12H,2-7,9,14H2,1H3. The second-order valence-corrected chi connectivity index (χ2v) is 5.63. The van der Waals surface area contributed by atoms with Crippen molar-refractivity contribution in [2.24, 2.45) is 11.1 Å². The first kappa shape index (κ1) is 11.2. The molecule has 1 spiro atoms. The Labute approximate surface area is 102 Å². The second-order valence-electron chi connectivity index (χ2n) is 5.63. The molecule has 1 saturated heterocycles. The molecule has 2 N–H and O–H groups in total. The number of likely N-dealkylation sites (tertiary alicyclic amines) is 1. The minimum atomic E-state index is 0.362. The van der Waals surface area contributed by atoms with Crippen molar-refractivity contribution in [2.45, 2.75) is 45.2 Å². The summed E-state index contributed by atoms with van der Waals surface area (Å²) in [5.41, 5.74) is 9.04. The number of nitrogens with zero attached hydrogens (tertiary/aromatic N) is 2. The summed E-state index contributed by atoms with van der Waals surface area (Å²) in [5.74, 6) is 0. The van der Waals surface area contributed by atoms with Crippen LogP contribution in [-0.2, 0) is 13.0 Å². The largest absolute Gasteiger partial charge is 0.364 e. The molecule has 17 heavy (non-hydrogen) atoms. The van der Waals surface area contributed by atoms with Gasteiger partial charge in [0.05, 0.1) is 5.69 Å². The van der Waals surface area contributed by atoms with Crippen LogP contribution in [0.25, 0.3) is 0 Å². The van der Waals surface area contributed by atoms with Gasteiger partial charge >= 0.3 is 0 Å². The van der Waals surface area contributed by atoms with E-state index in [4.69, 9.17) is 10.3 Å². The molecular weight excluding hydrogens is 214 g/mol. The maximum Gasteiger partial charge on any atom is 0.128 e. The number of aryl methyl sites for hydroxylation is 1. The van der Waals surface area contributed by atoms with Crippen molar-refractivity contribution in [1.82, 2.24) is 10.1 Å². The first-order valence-corrected chi connectivity index (χ1v) is 6.63. The van der Waals surface area contributed by atoms with Crippen LogP contribution in [-0.4, -0.2) is 29.2 Å². The van der Waals surface area contributed by atoms with Crippen molar-refractivity contribution < 1.29 is 4.52 Å². The topological polar surface area (TPSA) is 55.3 Å². The summed E-state index contributed by atoms with van der Waals surface area (Å²) in [5, 5.41) is 4.03. The molecule has 0 bridgehead atoms. The van der Waals surface area contributed by atoms with Gasteiger partial charge < -0.3 is 10.3 Å². The predicted octanol–water partition coefficient (Wildman–Crippen LogP) is 1.55. The molecule has 1 unspecified atom stereocenters. The highest BCUT2D eigenvalue weighted by Crippen LogP contribution is 2.47. The van der Waals surface area contributed by atoms with Crippen molar-refractivity contribution in [1.29, 1.82) is 0 Å². The summed E-state index contributed by atoms with van der Waals surface area (Å²) in [6.07, 6.45) is 6.71. The fourth-order valence-corrected chi connectivity index (χ4v) is 3.32. The smallest absolute Gasteiger partial charge is 0.128 e. The van der Waals surface area contributed by atoms with E-state index in [-0.39, 0.29) is 0 Å². The monoisotopic (exact) mass is 235 g/mol. The van der Waals surface area contributed by atoms with Crippen LogP contribution in [0, 0.1) is 5.41 Å². The van der Waals surface area contributed by atoms with E-state index in [2.05, 4.69) is 17.0 Å². The van der Waals surface area contributed by atoms with Gasteiger partial charge in [0.25, 0.3) is 0 Å². The Balaban J connectivity index is 1.67. The van der Waals surface area contributed by atoms with Gasteiger partial charge in [0, 0.05) is 31.2 Å². The Morgan fingerprint density at radius 3 is 3.00 bits per heavy atom. The number of aromatic nitrogens is 1. The zero-order valence-corrected chi connectivity index (χ0v) is 10.5. The van der Waals surface area contributed by atoms with E-state index >= 15 is 0 Å². The Morgan fingerprint density at radius 2 is 2.41 bits per heavy atom. The molecule has 0 aromatic carbocycles. The zero-order valence-electron chi connectivity index (χ0n) is 10.5. The third-order valence-electron chi connectivity index (χ3n) is 4.59. The summed E-state index contributed by atoms with van der Waals surface area (Å²) in [4.78, 5) is 2.47. The molecule has 2 aliphatic rings. The van der Waals surface area contributed by atoms with Crippen LogP contribution < -0.4 is 5.73 Å². The van der Waals surface area contributed by atoms with Gasteiger partial charge in [-0.1, -0.05) is 18.5 Å². The number of hydrogen-bond acceptors (Lipinski definition) is 4. The van der Waals surface area contributed by atoms with Crippen molar-refractivity contribution in [3.8, 4) is 0 Å². The van der Waals surface area contributed by atoms with Crippen molar-refractivity contribution in [3.05, 3.63) is 17.5 Å². The van der Waals surface area contributed by atoms with Gasteiger partial charge in [-0.15, -0.1) is 0 Å². The SMILES string of the molecule is CCc1nocc1CN1CC(N)C2(CCC2)C1. The fourth-order valence-electron chi connectivity index (χ4n) is 3.32. The zero-order chi connectivity index (χ0) is 11.9. The molecule has 0 radical (unpaired) electrons. The van der Waals surface area contributed by atoms with Crippen molar-refractivity contribution >= 4 is 0 Å². The lowest BCUT2D eigenvalue weighted by Gasteiger charge is -2.41. The summed E-state index contributed by atoms with van der Waals surface area (Å²) >= 11 is 0. The summed E-state index contributed by atoms with van der Waals surface area (Å²) in [6.45, 7) is 5.24. The maximum absolute atomic E-state index is 6.28. The quantitative estimate of drug-likeness (QED) is 0.863. The minimum Gasteiger partial charge on any atom is -0.364 e. The van der Waals surface area contributed by atoms with Gasteiger partial charge in [0.1, 0.15) is 6.26 Å². The van der Waals surface area contributed by atoms with Crippen LogP contribution in [0.1, 0.15) is 37.4 Å². The van der Waals surface area contributed by atoms with Gasteiger partial charge in [-0.3, -0.25) is 4.90 Å². The molecule has 1 aliphatic heterocycles. The first-order valence-electron chi connectivity index (χ1n) is 6.63. The van der Waals surface area contributed by atoms with Crippen LogP contribution in [0.15, 0.2) is 10.8 Å². The highest BCUT2D eigenvalue weighted by molar-refractivity contribution is 5.15. The van der Waals surface area contributed by atoms with E-state index in [0.29, 0.717) is 11.5 Å². The number of rotatable bonds is 3. The highest BCUT2D eigenvalue weighted by atomic mass is 16.5. The molecule has 2 heterocycles. The van der Waals surface area contributed by atoms with E-state index in [9.17, 15) is 0 Å². The third-order valence-corrected chi connectivity index (χ3v) is 4.59. The van der Waals surface area contributed by atoms with Crippen LogP contribution in [0.3, 0.4) is 0 Å². The Bertz CT molecular complexity index is 397. The minimum absolute atomic E-state index is 0.362. The summed E-state index contributed by atoms with van der Waals surface area (Å²) in [7, 11) is 0. The predicted molar refractivity (Wildman–Crippen MR) is 65.4 cm³/mol. The Morgan fingerprint density at radius 1 is 1.59 bits per heavy atom. The third kappa shape index (κ3) is 1.79. The molecule has 4 heteroatoms. The molecular formula is C13H21N3O. The first-order chi connectivity index (χ1) is 8.23. The lowest BCUT2D eigenvalue weighted by atomic mass is 9.66. The van der Waals surface area contributed by atoms with Gasteiger partial charge in [-0.25, -0.2) is 0 Å². The van der Waals surface area contributed by atoms with Gasteiger partial charge in [-0.05, 0) is 24.7 Å². The Kier molecular flexibility index (Phi) is 2.71. The summed E-state index contributed by atoms with van der Waals surface area (Å²) < 4.78 is 5.06. The molecule has 1 aromatic rings. The average molecular weight is 235 g/mol. The number of nitrogens with two attached hydrogens (primary N) is 1. The Hall–Kier alpha value is -0.870. The number of hydrogen-bond donors (Lipinski definition) is 1. The van der Waals surface area contributed by atoms with Crippen LogP contribution in [0.2, 0.25) is 0 Å². The summed E-state index contributed by atoms with van der Waals surface area (Å²) in [6, 6.07) is 0.362. The van der Waals surface area contributed by atoms with Gasteiger partial charge in [-0.2, -0.15) is 0 Å². The van der Waals surface area contributed by atoms with Crippen LogP contribution in [0.5, 0.6) is 0 Å². The molecule has 3 rings (SSSR count). The highest BCUT2D eigenvalue weighted by Gasteiger charge is 2.48.